The van der Waals surface area contributed by atoms with Crippen LogP contribution in [0.3, 0.4) is 0 Å². The van der Waals surface area contributed by atoms with E-state index in [-0.39, 0.29) is 18.0 Å². The Morgan fingerprint density at radius 3 is 2.17 bits per heavy atom. The van der Waals surface area contributed by atoms with Crippen molar-refractivity contribution >= 4 is 11.5 Å². The molecule has 0 aliphatic carbocycles. The van der Waals surface area contributed by atoms with Crippen molar-refractivity contribution < 1.29 is 32.2 Å². The summed E-state index contributed by atoms with van der Waals surface area (Å²) in [6.45, 7) is 3.61. The molecule has 29 heavy (non-hydrogen) atoms. The number of esters is 1. The monoisotopic (exact) mass is 408 g/mol. The molecule has 0 aromatic heterocycles. The lowest BCUT2D eigenvalue weighted by atomic mass is 10.1. The molecule has 0 atom stereocenters. The van der Waals surface area contributed by atoms with Gasteiger partial charge in [-0.15, -0.1) is 8.78 Å². The summed E-state index contributed by atoms with van der Waals surface area (Å²) in [5.74, 6) is -0.988. The normalized spacial score (nSPS) is 11.0. The summed E-state index contributed by atoms with van der Waals surface area (Å²) in [4.78, 5) is 11.9. The minimum absolute atomic E-state index is 0.191. The van der Waals surface area contributed by atoms with Crippen LogP contribution >= 0.6 is 0 Å². The van der Waals surface area contributed by atoms with Crippen LogP contribution in [0, 0.1) is 0 Å². The zero-order chi connectivity index (χ0) is 21.1. The lowest BCUT2D eigenvalue weighted by molar-refractivity contribution is -0.331. The first-order valence-electron chi connectivity index (χ1n) is 9.24. The molecule has 2 rings (SSSR count). The molecule has 0 aliphatic rings. The summed E-state index contributed by atoms with van der Waals surface area (Å²) in [6.07, 6.45) is -1.18. The summed E-state index contributed by atoms with van der Waals surface area (Å²) in [6, 6.07) is 13.6. The van der Waals surface area contributed by atoms with Gasteiger partial charge in [0.05, 0.1) is 18.9 Å². The van der Waals surface area contributed by atoms with Crippen LogP contribution in [0.15, 0.2) is 61.2 Å². The van der Waals surface area contributed by atoms with E-state index in [2.05, 4.69) is 16.1 Å². The van der Waals surface area contributed by atoms with E-state index < -0.39 is 12.3 Å². The van der Waals surface area contributed by atoms with Gasteiger partial charge in [0.2, 0.25) is 0 Å². The SMILES string of the molecule is C=C(C(=O)OC(F)(F)Oc1ccc(OCCCCCCF)cc1)c1ccccc1. The van der Waals surface area contributed by atoms with Crippen molar-refractivity contribution in [1.82, 2.24) is 0 Å². The van der Waals surface area contributed by atoms with Crippen LogP contribution in [-0.2, 0) is 9.53 Å². The average molecular weight is 408 g/mol. The Labute approximate surface area is 167 Å². The first-order valence-corrected chi connectivity index (χ1v) is 9.24. The van der Waals surface area contributed by atoms with Crippen molar-refractivity contribution in [2.45, 2.75) is 32.0 Å². The van der Waals surface area contributed by atoms with Crippen molar-refractivity contribution in [3.8, 4) is 11.5 Å². The van der Waals surface area contributed by atoms with Crippen molar-refractivity contribution in [2.75, 3.05) is 13.3 Å². The van der Waals surface area contributed by atoms with Crippen LogP contribution in [-0.4, -0.2) is 25.5 Å². The van der Waals surface area contributed by atoms with Crippen LogP contribution in [0.2, 0.25) is 0 Å². The standard InChI is InChI=1S/C22H23F3O4/c1-17(18-9-5-4-6-10-18)21(26)29-22(24,25)28-20-13-11-19(12-14-20)27-16-8-3-2-7-15-23/h4-6,9-14H,1-3,7-8,15-16H2. The van der Waals surface area contributed by atoms with Crippen molar-refractivity contribution in [3.63, 3.8) is 0 Å². The first kappa shape index (κ1) is 22.3. The predicted molar refractivity (Wildman–Crippen MR) is 104 cm³/mol. The molecule has 0 unspecified atom stereocenters. The number of benzene rings is 2. The van der Waals surface area contributed by atoms with Crippen LogP contribution in [0.1, 0.15) is 31.2 Å². The summed E-state index contributed by atoms with van der Waals surface area (Å²) < 4.78 is 53.9. The third-order valence-electron chi connectivity index (χ3n) is 3.94. The molecule has 0 aliphatic heterocycles. The fourth-order valence-corrected chi connectivity index (χ4v) is 2.43. The lowest BCUT2D eigenvalue weighted by Gasteiger charge is -2.18. The quantitative estimate of drug-likeness (QED) is 0.193. The minimum atomic E-state index is -4.16. The minimum Gasteiger partial charge on any atom is -0.494 e. The van der Waals surface area contributed by atoms with E-state index in [0.29, 0.717) is 24.3 Å². The van der Waals surface area contributed by atoms with Crippen molar-refractivity contribution in [2.24, 2.45) is 0 Å². The molecule has 0 heterocycles. The van der Waals surface area contributed by atoms with Gasteiger partial charge in [-0.3, -0.25) is 4.39 Å². The molecule has 0 bridgehead atoms. The molecule has 2 aromatic carbocycles. The van der Waals surface area contributed by atoms with Crippen molar-refractivity contribution in [1.29, 1.82) is 0 Å². The van der Waals surface area contributed by atoms with E-state index >= 15 is 0 Å². The number of hydrogen-bond donors (Lipinski definition) is 0. The largest absolute Gasteiger partial charge is 0.588 e. The second-order valence-electron chi connectivity index (χ2n) is 6.22. The van der Waals surface area contributed by atoms with E-state index in [9.17, 15) is 18.0 Å². The van der Waals surface area contributed by atoms with Gasteiger partial charge < -0.3 is 14.2 Å². The van der Waals surface area contributed by atoms with Gasteiger partial charge in [-0.1, -0.05) is 43.3 Å². The van der Waals surface area contributed by atoms with E-state index in [1.165, 1.54) is 24.3 Å². The van der Waals surface area contributed by atoms with E-state index in [4.69, 9.17) is 4.74 Å². The van der Waals surface area contributed by atoms with Gasteiger partial charge in [0, 0.05) is 0 Å². The molecule has 0 N–H and O–H groups in total. The summed E-state index contributed by atoms with van der Waals surface area (Å²) in [7, 11) is 0. The topological polar surface area (TPSA) is 44.8 Å². The van der Waals surface area contributed by atoms with Crippen LogP contribution in [0.5, 0.6) is 11.5 Å². The molecule has 4 nitrogen and oxygen atoms in total. The molecule has 0 saturated heterocycles. The van der Waals surface area contributed by atoms with E-state index in [1.807, 2.05) is 0 Å². The third kappa shape index (κ3) is 7.89. The second kappa shape index (κ2) is 11.1. The van der Waals surface area contributed by atoms with Gasteiger partial charge >= 0.3 is 12.3 Å². The molecule has 7 heteroatoms. The maximum atomic E-state index is 13.9. The highest BCUT2D eigenvalue weighted by atomic mass is 19.3. The summed E-state index contributed by atoms with van der Waals surface area (Å²) in [5, 5.41) is 0. The Balaban J connectivity index is 1.81. The van der Waals surface area contributed by atoms with Gasteiger partial charge in [0.25, 0.3) is 0 Å². The molecule has 0 spiro atoms. The lowest BCUT2D eigenvalue weighted by Crippen LogP contribution is -2.31. The zero-order valence-corrected chi connectivity index (χ0v) is 15.9. The number of unbranched alkanes of at least 4 members (excludes halogenated alkanes) is 3. The number of alkyl halides is 3. The molecule has 156 valence electrons. The van der Waals surface area contributed by atoms with Gasteiger partial charge in [0.15, 0.2) is 0 Å². The van der Waals surface area contributed by atoms with Gasteiger partial charge in [-0.25, -0.2) is 4.79 Å². The first-order chi connectivity index (χ1) is 13.9. The molecule has 0 saturated carbocycles. The zero-order valence-electron chi connectivity index (χ0n) is 15.9. The Morgan fingerprint density at radius 2 is 1.52 bits per heavy atom. The van der Waals surface area contributed by atoms with Crippen molar-refractivity contribution in [3.05, 3.63) is 66.7 Å². The number of ether oxygens (including phenoxy) is 3. The summed E-state index contributed by atoms with van der Waals surface area (Å²) in [5.41, 5.74) is 0.170. The van der Waals surface area contributed by atoms with Gasteiger partial charge in [-0.05, 0) is 49.1 Å². The molecular formula is C22H23F3O4. The smallest absolute Gasteiger partial charge is 0.494 e. The third-order valence-corrected chi connectivity index (χ3v) is 3.94. The van der Waals surface area contributed by atoms with Crippen LogP contribution in [0.25, 0.3) is 5.57 Å². The Bertz CT molecular complexity index is 776. The highest BCUT2D eigenvalue weighted by Crippen LogP contribution is 2.27. The maximum absolute atomic E-state index is 13.9. The van der Waals surface area contributed by atoms with E-state index in [0.717, 1.165) is 19.3 Å². The Morgan fingerprint density at radius 1 is 0.897 bits per heavy atom. The number of halogens is 3. The fourth-order valence-electron chi connectivity index (χ4n) is 2.43. The average Bonchev–Trinajstić information content (AvgIpc) is 2.71. The number of carbonyl (C=O) groups is 1. The van der Waals surface area contributed by atoms with E-state index in [1.54, 1.807) is 30.3 Å². The second-order valence-corrected chi connectivity index (χ2v) is 6.22. The predicted octanol–water partition coefficient (Wildman–Crippen LogP) is 5.78. The number of carbonyl (C=O) groups excluding carboxylic acids is 1. The number of hydrogen-bond acceptors (Lipinski definition) is 4. The highest BCUT2D eigenvalue weighted by Gasteiger charge is 2.39. The van der Waals surface area contributed by atoms with Crippen LogP contribution in [0.4, 0.5) is 13.2 Å². The molecule has 2 aromatic rings. The van der Waals surface area contributed by atoms with Gasteiger partial charge in [-0.2, -0.15) is 0 Å². The number of rotatable bonds is 12. The van der Waals surface area contributed by atoms with Crippen LogP contribution < -0.4 is 9.47 Å². The highest BCUT2D eigenvalue weighted by molar-refractivity contribution is 6.15. The molecule has 0 amide bonds. The van der Waals surface area contributed by atoms with Gasteiger partial charge in [0.1, 0.15) is 11.5 Å². The fraction of sp³-hybridized carbons (Fsp3) is 0.318. The maximum Gasteiger partial charge on any atom is 0.588 e. The Hall–Kier alpha value is -2.96. The Kier molecular flexibility index (Phi) is 8.58. The molecular weight excluding hydrogens is 385 g/mol. The molecule has 0 fully saturated rings. The molecule has 0 radical (unpaired) electrons. The summed E-state index contributed by atoms with van der Waals surface area (Å²) >= 11 is 0.